The van der Waals surface area contributed by atoms with E-state index in [1.807, 2.05) is 13.0 Å². The summed E-state index contributed by atoms with van der Waals surface area (Å²) in [6.07, 6.45) is 0. The number of nitrogens with one attached hydrogen (secondary N) is 2. The van der Waals surface area contributed by atoms with Crippen LogP contribution in [0.2, 0.25) is 0 Å². The molecule has 0 saturated carbocycles. The number of benzene rings is 2. The first-order chi connectivity index (χ1) is 10.9. The van der Waals surface area contributed by atoms with Gasteiger partial charge in [0.25, 0.3) is 0 Å². The molecule has 0 heterocycles. The van der Waals surface area contributed by atoms with E-state index in [9.17, 15) is 18.0 Å². The van der Waals surface area contributed by atoms with Crippen LogP contribution in [0.5, 0.6) is 5.75 Å². The van der Waals surface area contributed by atoms with Crippen molar-refractivity contribution in [1.82, 2.24) is 0 Å². The first kappa shape index (κ1) is 16.7. The van der Waals surface area contributed by atoms with Gasteiger partial charge in [0.15, 0.2) is 17.5 Å². The average Bonchev–Trinajstić information content (AvgIpc) is 2.52. The Bertz CT molecular complexity index is 736. The average molecular weight is 324 g/mol. The van der Waals surface area contributed by atoms with E-state index in [0.717, 1.165) is 17.7 Å². The van der Waals surface area contributed by atoms with E-state index in [1.165, 1.54) is 7.11 Å². The number of hydrogen-bond acceptors (Lipinski definition) is 3. The predicted molar refractivity (Wildman–Crippen MR) is 81.2 cm³/mol. The SMILES string of the molecule is COc1ccc(C)cc1NC(=O)CNc1ccc(F)c(F)c1F. The number of hydrogen-bond donors (Lipinski definition) is 2. The van der Waals surface area contributed by atoms with Crippen LogP contribution >= 0.6 is 0 Å². The van der Waals surface area contributed by atoms with E-state index < -0.39 is 23.4 Å². The topological polar surface area (TPSA) is 50.4 Å². The number of carbonyl (C=O) groups is 1. The number of rotatable bonds is 5. The Hall–Kier alpha value is -2.70. The Kier molecular flexibility index (Phi) is 5.10. The van der Waals surface area contributed by atoms with E-state index in [0.29, 0.717) is 11.4 Å². The lowest BCUT2D eigenvalue weighted by Crippen LogP contribution is -2.22. The van der Waals surface area contributed by atoms with Gasteiger partial charge in [-0.15, -0.1) is 0 Å². The van der Waals surface area contributed by atoms with Gasteiger partial charge in [-0.1, -0.05) is 6.07 Å². The van der Waals surface area contributed by atoms with Gasteiger partial charge >= 0.3 is 0 Å². The van der Waals surface area contributed by atoms with Gasteiger partial charge in [-0.25, -0.2) is 13.2 Å². The number of aryl methyl sites for hydroxylation is 1. The molecule has 2 aromatic carbocycles. The third-order valence-electron chi connectivity index (χ3n) is 3.10. The van der Waals surface area contributed by atoms with Gasteiger partial charge in [0, 0.05) is 0 Å². The summed E-state index contributed by atoms with van der Waals surface area (Å²) in [5.74, 6) is -4.26. The fourth-order valence-corrected chi connectivity index (χ4v) is 1.95. The molecule has 0 aliphatic heterocycles. The maximum Gasteiger partial charge on any atom is 0.243 e. The van der Waals surface area contributed by atoms with Crippen LogP contribution in [0.15, 0.2) is 30.3 Å². The predicted octanol–water partition coefficient (Wildman–Crippen LogP) is 3.47. The molecule has 0 atom stereocenters. The minimum absolute atomic E-state index is 0.296. The Balaban J connectivity index is 2.04. The number of anilines is 2. The fourth-order valence-electron chi connectivity index (χ4n) is 1.95. The lowest BCUT2D eigenvalue weighted by atomic mass is 10.2. The molecule has 122 valence electrons. The van der Waals surface area contributed by atoms with Gasteiger partial charge in [-0.05, 0) is 36.8 Å². The van der Waals surface area contributed by atoms with Crippen LogP contribution in [0.1, 0.15) is 5.56 Å². The highest BCUT2D eigenvalue weighted by Crippen LogP contribution is 2.25. The highest BCUT2D eigenvalue weighted by molar-refractivity contribution is 5.95. The van der Waals surface area contributed by atoms with Crippen LogP contribution in [0.3, 0.4) is 0 Å². The molecule has 0 aromatic heterocycles. The number of amides is 1. The number of methoxy groups -OCH3 is 1. The van der Waals surface area contributed by atoms with Crippen LogP contribution in [-0.4, -0.2) is 19.6 Å². The summed E-state index contributed by atoms with van der Waals surface area (Å²) in [4.78, 5) is 11.9. The second-order valence-electron chi connectivity index (χ2n) is 4.83. The molecule has 0 fully saturated rings. The lowest BCUT2D eigenvalue weighted by molar-refractivity contribution is -0.114. The minimum Gasteiger partial charge on any atom is -0.495 e. The second kappa shape index (κ2) is 7.04. The van der Waals surface area contributed by atoms with Gasteiger partial charge in [-0.3, -0.25) is 4.79 Å². The van der Waals surface area contributed by atoms with E-state index in [-0.39, 0.29) is 12.2 Å². The number of halogens is 3. The molecule has 7 heteroatoms. The van der Waals surface area contributed by atoms with Crippen molar-refractivity contribution in [1.29, 1.82) is 0 Å². The zero-order valence-electron chi connectivity index (χ0n) is 12.5. The van der Waals surface area contributed by atoms with Crippen molar-refractivity contribution in [2.45, 2.75) is 6.92 Å². The van der Waals surface area contributed by atoms with E-state index in [1.54, 1.807) is 12.1 Å². The Morgan fingerprint density at radius 1 is 1.09 bits per heavy atom. The zero-order chi connectivity index (χ0) is 17.0. The molecular weight excluding hydrogens is 309 g/mol. The van der Waals surface area contributed by atoms with Crippen molar-refractivity contribution in [3.8, 4) is 5.75 Å². The van der Waals surface area contributed by atoms with Crippen molar-refractivity contribution in [3.63, 3.8) is 0 Å². The molecule has 0 spiro atoms. The molecule has 4 nitrogen and oxygen atoms in total. The maximum atomic E-state index is 13.5. The Morgan fingerprint density at radius 3 is 2.52 bits per heavy atom. The summed E-state index contributed by atoms with van der Waals surface area (Å²) < 4.78 is 44.5. The largest absolute Gasteiger partial charge is 0.495 e. The Morgan fingerprint density at radius 2 is 1.83 bits per heavy atom. The molecule has 0 aliphatic carbocycles. The summed E-state index contributed by atoms with van der Waals surface area (Å²) in [5.41, 5.74) is 1.08. The quantitative estimate of drug-likeness (QED) is 0.828. The molecule has 2 aromatic rings. The smallest absolute Gasteiger partial charge is 0.243 e. The molecule has 0 unspecified atom stereocenters. The summed E-state index contributed by atoms with van der Waals surface area (Å²) >= 11 is 0. The summed E-state index contributed by atoms with van der Waals surface area (Å²) in [6.45, 7) is 1.53. The zero-order valence-corrected chi connectivity index (χ0v) is 12.5. The van der Waals surface area contributed by atoms with Gasteiger partial charge < -0.3 is 15.4 Å². The number of carbonyl (C=O) groups excluding carboxylic acids is 1. The summed E-state index contributed by atoms with van der Waals surface area (Å²) in [7, 11) is 1.47. The van der Waals surface area contributed by atoms with Crippen molar-refractivity contribution in [3.05, 3.63) is 53.3 Å². The maximum absolute atomic E-state index is 13.5. The van der Waals surface area contributed by atoms with E-state index >= 15 is 0 Å². The van der Waals surface area contributed by atoms with Crippen molar-refractivity contribution < 1.29 is 22.7 Å². The standard InChI is InChI=1S/C16H15F3N2O2/c1-9-3-6-13(23-2)12(7-9)21-14(22)8-20-11-5-4-10(17)15(18)16(11)19/h3-7,20H,8H2,1-2H3,(H,21,22). The Labute approximate surface area is 131 Å². The lowest BCUT2D eigenvalue weighted by Gasteiger charge is -2.12. The molecule has 23 heavy (non-hydrogen) atoms. The molecule has 0 radical (unpaired) electrons. The van der Waals surface area contributed by atoms with Crippen molar-refractivity contribution >= 4 is 17.3 Å². The van der Waals surface area contributed by atoms with Gasteiger partial charge in [0.05, 0.1) is 25.0 Å². The minimum atomic E-state index is -1.59. The van der Waals surface area contributed by atoms with Crippen LogP contribution < -0.4 is 15.4 Å². The van der Waals surface area contributed by atoms with Crippen LogP contribution in [0.25, 0.3) is 0 Å². The van der Waals surface area contributed by atoms with Crippen LogP contribution in [0, 0.1) is 24.4 Å². The van der Waals surface area contributed by atoms with Crippen LogP contribution in [-0.2, 0) is 4.79 Å². The van der Waals surface area contributed by atoms with Crippen molar-refractivity contribution in [2.75, 3.05) is 24.3 Å². The third-order valence-corrected chi connectivity index (χ3v) is 3.10. The van der Waals surface area contributed by atoms with Gasteiger partial charge in [-0.2, -0.15) is 0 Å². The molecule has 0 saturated heterocycles. The van der Waals surface area contributed by atoms with Gasteiger partial charge in [0.1, 0.15) is 5.75 Å². The van der Waals surface area contributed by atoms with Gasteiger partial charge in [0.2, 0.25) is 5.91 Å². The molecule has 2 rings (SSSR count). The van der Waals surface area contributed by atoms with E-state index in [2.05, 4.69) is 10.6 Å². The molecule has 0 aliphatic rings. The van der Waals surface area contributed by atoms with Crippen molar-refractivity contribution in [2.24, 2.45) is 0 Å². The monoisotopic (exact) mass is 324 g/mol. The highest BCUT2D eigenvalue weighted by atomic mass is 19.2. The third kappa shape index (κ3) is 3.94. The summed E-state index contributed by atoms with van der Waals surface area (Å²) in [6, 6.07) is 7.04. The molecular formula is C16H15F3N2O2. The highest BCUT2D eigenvalue weighted by Gasteiger charge is 2.14. The van der Waals surface area contributed by atoms with Crippen LogP contribution in [0.4, 0.5) is 24.5 Å². The first-order valence-corrected chi connectivity index (χ1v) is 6.74. The molecule has 0 bridgehead atoms. The molecule has 2 N–H and O–H groups in total. The first-order valence-electron chi connectivity index (χ1n) is 6.74. The molecule has 1 amide bonds. The number of ether oxygens (including phenoxy) is 1. The van der Waals surface area contributed by atoms with E-state index in [4.69, 9.17) is 4.74 Å². The second-order valence-corrected chi connectivity index (χ2v) is 4.83. The fraction of sp³-hybridized carbons (Fsp3) is 0.188. The summed E-state index contributed by atoms with van der Waals surface area (Å²) in [5, 5.41) is 5.02. The normalized spacial score (nSPS) is 10.3.